The molecule has 2 heteroatoms. The Kier molecular flexibility index (Phi) is 4.00. The molecule has 0 radical (unpaired) electrons. The molecule has 0 aliphatic heterocycles. The van der Waals surface area contributed by atoms with Crippen molar-refractivity contribution >= 4 is 10.8 Å². The third kappa shape index (κ3) is 2.55. The van der Waals surface area contributed by atoms with Crippen LogP contribution < -0.4 is 0 Å². The van der Waals surface area contributed by atoms with Crippen LogP contribution in [0.1, 0.15) is 25.5 Å². The molecule has 0 saturated heterocycles. The first-order chi connectivity index (χ1) is 8.63. The second kappa shape index (κ2) is 5.51. The van der Waals surface area contributed by atoms with Crippen molar-refractivity contribution in [2.75, 3.05) is 7.11 Å². The first kappa shape index (κ1) is 13.1. The van der Waals surface area contributed by atoms with Gasteiger partial charge in [-0.05, 0) is 28.3 Å². The molecule has 2 aromatic rings. The first-order valence-electron chi connectivity index (χ1n) is 6.33. The summed E-state index contributed by atoms with van der Waals surface area (Å²) in [6.07, 6.45) is -0.759. The van der Waals surface area contributed by atoms with Crippen LogP contribution in [0.3, 0.4) is 0 Å². The Morgan fingerprint density at radius 1 is 1.00 bits per heavy atom. The molecule has 0 aliphatic rings. The maximum Gasteiger partial charge on any atom is 0.105 e. The lowest BCUT2D eigenvalue weighted by atomic mass is 9.94. The van der Waals surface area contributed by atoms with E-state index in [0.717, 1.165) is 10.9 Å². The Balaban J connectivity index is 2.35. The number of benzene rings is 2. The number of fused-ring (bicyclic) bond motifs is 1. The molecule has 0 aliphatic carbocycles. The van der Waals surface area contributed by atoms with E-state index in [-0.39, 0.29) is 12.0 Å². The molecule has 2 aromatic carbocycles. The highest BCUT2D eigenvalue weighted by Crippen LogP contribution is 2.26. The normalized spacial score (nSPS) is 14.9. The van der Waals surface area contributed by atoms with Crippen LogP contribution in [0.2, 0.25) is 0 Å². The number of hydrogen-bond acceptors (Lipinski definition) is 2. The zero-order valence-electron chi connectivity index (χ0n) is 11.1. The summed E-state index contributed by atoms with van der Waals surface area (Å²) in [5.74, 6) is 0.275. The minimum Gasteiger partial charge on any atom is -0.386 e. The maximum atomic E-state index is 10.4. The molecule has 18 heavy (non-hydrogen) atoms. The molecule has 0 saturated carbocycles. The van der Waals surface area contributed by atoms with E-state index >= 15 is 0 Å². The van der Waals surface area contributed by atoms with Gasteiger partial charge in [0.15, 0.2) is 0 Å². The fourth-order valence-electron chi connectivity index (χ4n) is 2.35. The van der Waals surface area contributed by atoms with Gasteiger partial charge in [0, 0.05) is 7.11 Å². The zero-order valence-corrected chi connectivity index (χ0v) is 11.1. The van der Waals surface area contributed by atoms with Gasteiger partial charge in [-0.1, -0.05) is 50.2 Å². The molecule has 0 amide bonds. The summed E-state index contributed by atoms with van der Waals surface area (Å²) >= 11 is 0. The van der Waals surface area contributed by atoms with Gasteiger partial charge in [-0.2, -0.15) is 0 Å². The third-order valence-corrected chi connectivity index (χ3v) is 3.36. The number of hydrogen-bond donors (Lipinski definition) is 1. The smallest absolute Gasteiger partial charge is 0.105 e. The van der Waals surface area contributed by atoms with Crippen LogP contribution in [0.25, 0.3) is 10.8 Å². The monoisotopic (exact) mass is 244 g/mol. The summed E-state index contributed by atoms with van der Waals surface area (Å²) in [7, 11) is 1.65. The van der Waals surface area contributed by atoms with E-state index in [0.29, 0.717) is 0 Å². The molecule has 2 rings (SSSR count). The van der Waals surface area contributed by atoms with Crippen LogP contribution in [-0.2, 0) is 4.74 Å². The Bertz CT molecular complexity index is 519. The summed E-state index contributed by atoms with van der Waals surface area (Å²) in [4.78, 5) is 0. The third-order valence-electron chi connectivity index (χ3n) is 3.36. The molecule has 96 valence electrons. The van der Waals surface area contributed by atoms with Gasteiger partial charge in [0.1, 0.15) is 6.10 Å². The molecule has 2 nitrogen and oxygen atoms in total. The fraction of sp³-hybridized carbons (Fsp3) is 0.375. The molecule has 2 atom stereocenters. The second-order valence-electron chi connectivity index (χ2n) is 5.00. The van der Waals surface area contributed by atoms with Crippen molar-refractivity contribution in [3.8, 4) is 0 Å². The van der Waals surface area contributed by atoms with Gasteiger partial charge >= 0.3 is 0 Å². The van der Waals surface area contributed by atoms with Crippen LogP contribution in [0.4, 0.5) is 0 Å². The molecule has 0 fully saturated rings. The van der Waals surface area contributed by atoms with Gasteiger partial charge in [-0.3, -0.25) is 0 Å². The number of rotatable bonds is 4. The van der Waals surface area contributed by atoms with Gasteiger partial charge < -0.3 is 9.84 Å². The Morgan fingerprint density at radius 3 is 2.28 bits per heavy atom. The number of methoxy groups -OCH3 is 1. The highest BCUT2D eigenvalue weighted by molar-refractivity contribution is 5.83. The Morgan fingerprint density at radius 2 is 1.67 bits per heavy atom. The number of ether oxygens (including phenoxy) is 1. The van der Waals surface area contributed by atoms with Crippen LogP contribution in [0.5, 0.6) is 0 Å². The van der Waals surface area contributed by atoms with Gasteiger partial charge in [0.05, 0.1) is 6.10 Å². The minimum atomic E-state index is -0.584. The van der Waals surface area contributed by atoms with Crippen molar-refractivity contribution < 1.29 is 9.84 Å². The van der Waals surface area contributed by atoms with Crippen molar-refractivity contribution in [3.63, 3.8) is 0 Å². The van der Waals surface area contributed by atoms with Crippen LogP contribution in [0, 0.1) is 5.92 Å². The van der Waals surface area contributed by atoms with E-state index < -0.39 is 6.10 Å². The molecule has 1 N–H and O–H groups in total. The highest BCUT2D eigenvalue weighted by Gasteiger charge is 2.23. The molecule has 0 heterocycles. The lowest BCUT2D eigenvalue weighted by Crippen LogP contribution is -2.26. The van der Waals surface area contributed by atoms with E-state index in [9.17, 15) is 5.11 Å². The van der Waals surface area contributed by atoms with Crippen LogP contribution in [0.15, 0.2) is 42.5 Å². The SMILES string of the molecule is COC(C(C)C)C(O)c1ccc2ccccc2c1. The van der Waals surface area contributed by atoms with E-state index in [2.05, 4.69) is 26.0 Å². The van der Waals surface area contributed by atoms with Crippen molar-refractivity contribution in [1.82, 2.24) is 0 Å². The Labute approximate surface area is 108 Å². The van der Waals surface area contributed by atoms with Crippen molar-refractivity contribution in [2.45, 2.75) is 26.1 Å². The minimum absolute atomic E-state index is 0.175. The predicted molar refractivity (Wildman–Crippen MR) is 74.5 cm³/mol. The standard InChI is InChI=1S/C16H20O2/c1-11(2)16(18-3)15(17)14-9-8-12-6-4-5-7-13(12)10-14/h4-11,15-17H,1-3H3. The highest BCUT2D eigenvalue weighted by atomic mass is 16.5. The van der Waals surface area contributed by atoms with E-state index in [1.807, 2.05) is 30.3 Å². The average Bonchev–Trinajstić information content (AvgIpc) is 2.38. The Hall–Kier alpha value is -1.38. The van der Waals surface area contributed by atoms with E-state index in [1.165, 1.54) is 5.39 Å². The van der Waals surface area contributed by atoms with Gasteiger partial charge in [0.25, 0.3) is 0 Å². The van der Waals surface area contributed by atoms with Crippen LogP contribution >= 0.6 is 0 Å². The maximum absolute atomic E-state index is 10.4. The summed E-state index contributed by atoms with van der Waals surface area (Å²) in [5, 5.41) is 12.7. The topological polar surface area (TPSA) is 29.5 Å². The summed E-state index contributed by atoms with van der Waals surface area (Å²) in [6.45, 7) is 4.11. The predicted octanol–water partition coefficient (Wildman–Crippen LogP) is 3.54. The zero-order chi connectivity index (χ0) is 13.1. The molecule has 0 bridgehead atoms. The number of aliphatic hydroxyl groups is 1. The second-order valence-corrected chi connectivity index (χ2v) is 5.00. The van der Waals surface area contributed by atoms with Gasteiger partial charge in [-0.25, -0.2) is 0 Å². The molecule has 2 unspecified atom stereocenters. The lowest BCUT2D eigenvalue weighted by Gasteiger charge is -2.25. The van der Waals surface area contributed by atoms with E-state index in [1.54, 1.807) is 7.11 Å². The summed E-state index contributed by atoms with van der Waals surface area (Å²) in [5.41, 5.74) is 0.911. The average molecular weight is 244 g/mol. The number of aliphatic hydroxyl groups excluding tert-OH is 1. The largest absolute Gasteiger partial charge is 0.386 e. The molecular formula is C16H20O2. The fourth-order valence-corrected chi connectivity index (χ4v) is 2.35. The molecular weight excluding hydrogens is 224 g/mol. The van der Waals surface area contributed by atoms with E-state index in [4.69, 9.17) is 4.74 Å². The quantitative estimate of drug-likeness (QED) is 0.891. The first-order valence-corrected chi connectivity index (χ1v) is 6.33. The van der Waals surface area contributed by atoms with Crippen molar-refractivity contribution in [1.29, 1.82) is 0 Å². The molecule has 0 spiro atoms. The van der Waals surface area contributed by atoms with Crippen molar-refractivity contribution in [2.24, 2.45) is 5.92 Å². The van der Waals surface area contributed by atoms with Gasteiger partial charge in [0.2, 0.25) is 0 Å². The van der Waals surface area contributed by atoms with Crippen LogP contribution in [-0.4, -0.2) is 18.3 Å². The lowest BCUT2D eigenvalue weighted by molar-refractivity contribution is -0.0390. The van der Waals surface area contributed by atoms with Gasteiger partial charge in [-0.15, -0.1) is 0 Å². The summed E-state index contributed by atoms with van der Waals surface area (Å²) < 4.78 is 5.39. The molecule has 0 aromatic heterocycles. The summed E-state index contributed by atoms with van der Waals surface area (Å²) in [6, 6.07) is 14.2. The van der Waals surface area contributed by atoms with Crippen molar-refractivity contribution in [3.05, 3.63) is 48.0 Å².